The Bertz CT molecular complexity index is 419. The van der Waals surface area contributed by atoms with E-state index in [1.165, 1.54) is 4.90 Å². The molecule has 0 unspecified atom stereocenters. The summed E-state index contributed by atoms with van der Waals surface area (Å²) in [5.41, 5.74) is 6.70. The van der Waals surface area contributed by atoms with Gasteiger partial charge in [0, 0.05) is 30.7 Å². The molecule has 0 saturated heterocycles. The summed E-state index contributed by atoms with van der Waals surface area (Å²) in [5, 5.41) is 0.624. The maximum Gasteiger partial charge on any atom is 0.225 e. The van der Waals surface area contributed by atoms with E-state index in [0.29, 0.717) is 23.8 Å². The average molecular weight is 271 g/mol. The number of nitrogens with zero attached hydrogens (tertiary/aromatic N) is 1. The van der Waals surface area contributed by atoms with Gasteiger partial charge in [-0.2, -0.15) is 0 Å². The molecule has 0 bridgehead atoms. The summed E-state index contributed by atoms with van der Waals surface area (Å²) in [6, 6.07) is 5.15. The van der Waals surface area contributed by atoms with Crippen molar-refractivity contribution in [2.45, 2.75) is 19.4 Å². The van der Waals surface area contributed by atoms with Gasteiger partial charge in [-0.05, 0) is 25.1 Å². The quantitative estimate of drug-likeness (QED) is 0.893. The minimum absolute atomic E-state index is 0.0336. The van der Waals surface area contributed by atoms with Crippen LogP contribution in [0.1, 0.15) is 24.9 Å². The number of ether oxygens (including phenoxy) is 1. The van der Waals surface area contributed by atoms with Gasteiger partial charge in [0.25, 0.3) is 0 Å². The predicted octanol–water partition coefficient (Wildman–Crippen LogP) is 2.22. The van der Waals surface area contributed by atoms with Crippen LogP contribution >= 0.6 is 11.6 Å². The third-order valence-corrected chi connectivity index (χ3v) is 2.77. The lowest BCUT2D eigenvalue weighted by molar-refractivity contribution is -0.129. The first-order chi connectivity index (χ1) is 8.41. The standard InChI is InChI=1S/C13H19ClN2O2/c1-9(15)11-8-10(14)4-5-12(11)18-7-6-13(17)16(2)3/h4-5,8-9H,6-7,15H2,1-3H3/t9-/m1/s1. The van der Waals surface area contributed by atoms with E-state index >= 15 is 0 Å². The maximum atomic E-state index is 11.4. The van der Waals surface area contributed by atoms with Crippen LogP contribution in [0.2, 0.25) is 5.02 Å². The molecule has 0 aliphatic carbocycles. The summed E-state index contributed by atoms with van der Waals surface area (Å²) in [7, 11) is 3.44. The zero-order valence-electron chi connectivity index (χ0n) is 10.9. The van der Waals surface area contributed by atoms with E-state index in [-0.39, 0.29) is 11.9 Å². The third-order valence-electron chi connectivity index (χ3n) is 2.53. The van der Waals surface area contributed by atoms with Crippen LogP contribution in [0.25, 0.3) is 0 Å². The molecule has 1 rings (SSSR count). The smallest absolute Gasteiger partial charge is 0.225 e. The Balaban J connectivity index is 2.65. The molecule has 0 saturated carbocycles. The molecule has 0 spiro atoms. The monoisotopic (exact) mass is 270 g/mol. The fraction of sp³-hybridized carbons (Fsp3) is 0.462. The number of carbonyl (C=O) groups is 1. The van der Waals surface area contributed by atoms with Crippen molar-refractivity contribution in [3.63, 3.8) is 0 Å². The number of nitrogens with two attached hydrogens (primary N) is 1. The summed E-state index contributed by atoms with van der Waals surface area (Å²) in [6.07, 6.45) is 0.341. The summed E-state index contributed by atoms with van der Waals surface area (Å²) >= 11 is 5.92. The van der Waals surface area contributed by atoms with E-state index in [0.717, 1.165) is 5.56 Å². The Kier molecular flexibility index (Phi) is 5.44. The zero-order chi connectivity index (χ0) is 13.7. The largest absolute Gasteiger partial charge is 0.493 e. The van der Waals surface area contributed by atoms with E-state index in [9.17, 15) is 4.79 Å². The van der Waals surface area contributed by atoms with Gasteiger partial charge < -0.3 is 15.4 Å². The van der Waals surface area contributed by atoms with Crippen LogP contribution in [0.3, 0.4) is 0 Å². The molecule has 18 heavy (non-hydrogen) atoms. The minimum Gasteiger partial charge on any atom is -0.493 e. The molecule has 4 nitrogen and oxygen atoms in total. The molecular formula is C13H19ClN2O2. The lowest BCUT2D eigenvalue weighted by Crippen LogP contribution is -2.23. The highest BCUT2D eigenvalue weighted by molar-refractivity contribution is 6.30. The number of rotatable bonds is 5. The molecule has 0 radical (unpaired) electrons. The summed E-state index contributed by atoms with van der Waals surface area (Å²) in [6.45, 7) is 2.20. The fourth-order valence-electron chi connectivity index (χ4n) is 1.48. The lowest BCUT2D eigenvalue weighted by atomic mass is 10.1. The van der Waals surface area contributed by atoms with Crippen molar-refractivity contribution in [1.29, 1.82) is 0 Å². The van der Waals surface area contributed by atoms with E-state index in [1.54, 1.807) is 32.3 Å². The SMILES string of the molecule is C[C@@H](N)c1cc(Cl)ccc1OCCC(=O)N(C)C. The van der Waals surface area contributed by atoms with Crippen LogP contribution in [0.4, 0.5) is 0 Å². The molecule has 1 atom stereocenters. The highest BCUT2D eigenvalue weighted by Crippen LogP contribution is 2.27. The Hall–Kier alpha value is -1.26. The number of carbonyl (C=O) groups excluding carboxylic acids is 1. The van der Waals surface area contributed by atoms with Crippen molar-refractivity contribution in [1.82, 2.24) is 4.90 Å². The highest BCUT2D eigenvalue weighted by atomic mass is 35.5. The Morgan fingerprint density at radius 1 is 1.50 bits per heavy atom. The van der Waals surface area contributed by atoms with Crippen LogP contribution in [-0.2, 0) is 4.79 Å². The predicted molar refractivity (Wildman–Crippen MR) is 72.9 cm³/mol. The van der Waals surface area contributed by atoms with Crippen LogP contribution in [-0.4, -0.2) is 31.5 Å². The second kappa shape index (κ2) is 6.61. The van der Waals surface area contributed by atoms with Gasteiger partial charge in [0.1, 0.15) is 5.75 Å². The molecule has 0 heterocycles. The summed E-state index contributed by atoms with van der Waals surface area (Å²) in [5.74, 6) is 0.715. The number of hydrogen-bond donors (Lipinski definition) is 1. The summed E-state index contributed by atoms with van der Waals surface area (Å²) in [4.78, 5) is 12.9. The van der Waals surface area contributed by atoms with E-state index < -0.39 is 0 Å². The van der Waals surface area contributed by atoms with Gasteiger partial charge in [0.05, 0.1) is 13.0 Å². The van der Waals surface area contributed by atoms with Gasteiger partial charge >= 0.3 is 0 Å². The van der Waals surface area contributed by atoms with Crippen molar-refractivity contribution in [3.8, 4) is 5.75 Å². The van der Waals surface area contributed by atoms with Gasteiger partial charge in [-0.15, -0.1) is 0 Å². The van der Waals surface area contributed by atoms with Crippen LogP contribution in [0.5, 0.6) is 5.75 Å². The van der Waals surface area contributed by atoms with Crippen LogP contribution in [0.15, 0.2) is 18.2 Å². The normalized spacial score (nSPS) is 12.1. The Morgan fingerprint density at radius 2 is 2.17 bits per heavy atom. The van der Waals surface area contributed by atoms with Crippen LogP contribution in [0, 0.1) is 0 Å². The van der Waals surface area contributed by atoms with Gasteiger partial charge in [-0.25, -0.2) is 0 Å². The van der Waals surface area contributed by atoms with Crippen molar-refractivity contribution >= 4 is 17.5 Å². The molecule has 0 fully saturated rings. The molecule has 0 aromatic heterocycles. The molecule has 0 aliphatic rings. The molecule has 100 valence electrons. The van der Waals surface area contributed by atoms with Gasteiger partial charge in [-0.3, -0.25) is 4.79 Å². The van der Waals surface area contributed by atoms with E-state index in [4.69, 9.17) is 22.1 Å². The molecule has 0 aliphatic heterocycles. The summed E-state index contributed by atoms with van der Waals surface area (Å²) < 4.78 is 5.59. The number of hydrogen-bond acceptors (Lipinski definition) is 3. The topological polar surface area (TPSA) is 55.6 Å². The first-order valence-corrected chi connectivity index (χ1v) is 6.17. The molecule has 1 aromatic rings. The van der Waals surface area contributed by atoms with Crippen molar-refractivity contribution < 1.29 is 9.53 Å². The first kappa shape index (κ1) is 14.8. The van der Waals surface area contributed by atoms with Gasteiger partial charge in [-0.1, -0.05) is 11.6 Å². The lowest BCUT2D eigenvalue weighted by Gasteiger charge is -2.15. The molecular weight excluding hydrogens is 252 g/mol. The first-order valence-electron chi connectivity index (χ1n) is 5.79. The Morgan fingerprint density at radius 3 is 2.72 bits per heavy atom. The highest BCUT2D eigenvalue weighted by Gasteiger charge is 2.10. The van der Waals surface area contributed by atoms with Crippen molar-refractivity contribution in [2.75, 3.05) is 20.7 Å². The van der Waals surface area contributed by atoms with Crippen molar-refractivity contribution in [3.05, 3.63) is 28.8 Å². The minimum atomic E-state index is -0.164. The zero-order valence-corrected chi connectivity index (χ0v) is 11.7. The molecule has 1 amide bonds. The molecule has 1 aromatic carbocycles. The van der Waals surface area contributed by atoms with E-state index in [1.807, 2.05) is 6.92 Å². The average Bonchev–Trinajstić information content (AvgIpc) is 2.30. The fourth-order valence-corrected chi connectivity index (χ4v) is 1.66. The van der Waals surface area contributed by atoms with Gasteiger partial charge in [0.2, 0.25) is 5.91 Å². The number of amides is 1. The van der Waals surface area contributed by atoms with Crippen molar-refractivity contribution in [2.24, 2.45) is 5.73 Å². The second-order valence-electron chi connectivity index (χ2n) is 4.36. The number of halogens is 1. The maximum absolute atomic E-state index is 11.4. The molecule has 2 N–H and O–H groups in total. The second-order valence-corrected chi connectivity index (χ2v) is 4.79. The van der Waals surface area contributed by atoms with E-state index in [2.05, 4.69) is 0 Å². The Labute approximate surface area is 113 Å². The third kappa shape index (κ3) is 4.20. The number of benzene rings is 1. The molecule has 5 heteroatoms. The van der Waals surface area contributed by atoms with Gasteiger partial charge in [0.15, 0.2) is 0 Å². The van der Waals surface area contributed by atoms with Crippen LogP contribution < -0.4 is 10.5 Å².